The fourth-order valence-electron chi connectivity index (χ4n) is 1.85. The standard InChI is InChI=1S/C13H13ClN4O4/c1-2-3-17-7-8(6-15-17)13(20)16-10-4-9(14)5-11(12(10)19)18(21)22/h4-7,19H,2-3H2,1H3,(H,16,20). The molecule has 9 heteroatoms. The summed E-state index contributed by atoms with van der Waals surface area (Å²) in [6.07, 6.45) is 3.79. The number of halogens is 1. The summed E-state index contributed by atoms with van der Waals surface area (Å²) in [5.74, 6) is -1.20. The van der Waals surface area contributed by atoms with Crippen LogP contribution in [0.1, 0.15) is 23.7 Å². The minimum Gasteiger partial charge on any atom is -0.501 e. The van der Waals surface area contributed by atoms with Gasteiger partial charge < -0.3 is 10.4 Å². The van der Waals surface area contributed by atoms with E-state index in [4.69, 9.17) is 11.6 Å². The average Bonchev–Trinajstić information content (AvgIpc) is 2.91. The number of aromatic nitrogens is 2. The van der Waals surface area contributed by atoms with Gasteiger partial charge in [-0.1, -0.05) is 18.5 Å². The lowest BCUT2D eigenvalue weighted by Crippen LogP contribution is -2.11. The second-order valence-electron chi connectivity index (χ2n) is 4.52. The summed E-state index contributed by atoms with van der Waals surface area (Å²) in [6, 6.07) is 2.24. The number of phenols is 1. The highest BCUT2D eigenvalue weighted by Crippen LogP contribution is 2.37. The third kappa shape index (κ3) is 3.34. The highest BCUT2D eigenvalue weighted by Gasteiger charge is 2.20. The van der Waals surface area contributed by atoms with Gasteiger partial charge in [0.1, 0.15) is 0 Å². The van der Waals surface area contributed by atoms with E-state index in [1.807, 2.05) is 6.92 Å². The van der Waals surface area contributed by atoms with E-state index in [-0.39, 0.29) is 16.3 Å². The van der Waals surface area contributed by atoms with Crippen LogP contribution < -0.4 is 5.32 Å². The number of rotatable bonds is 5. The summed E-state index contributed by atoms with van der Waals surface area (Å²) in [5.41, 5.74) is -0.438. The number of nitrogens with one attached hydrogen (secondary N) is 1. The van der Waals surface area contributed by atoms with Crippen LogP contribution in [0.3, 0.4) is 0 Å². The molecule has 0 unspecified atom stereocenters. The molecule has 0 spiro atoms. The number of anilines is 1. The van der Waals surface area contributed by atoms with Crippen molar-refractivity contribution >= 4 is 28.9 Å². The zero-order valence-corrected chi connectivity index (χ0v) is 12.4. The smallest absolute Gasteiger partial charge is 0.314 e. The van der Waals surface area contributed by atoms with Crippen LogP contribution in [-0.4, -0.2) is 25.7 Å². The second-order valence-corrected chi connectivity index (χ2v) is 4.96. The second kappa shape index (κ2) is 6.44. The molecule has 1 heterocycles. The molecule has 0 atom stereocenters. The van der Waals surface area contributed by atoms with E-state index >= 15 is 0 Å². The molecule has 0 aliphatic rings. The van der Waals surface area contributed by atoms with Gasteiger partial charge in [-0.2, -0.15) is 5.10 Å². The number of amides is 1. The van der Waals surface area contributed by atoms with Gasteiger partial charge >= 0.3 is 5.69 Å². The lowest BCUT2D eigenvalue weighted by Gasteiger charge is -2.07. The molecule has 1 aromatic heterocycles. The summed E-state index contributed by atoms with van der Waals surface area (Å²) in [5, 5.41) is 27.1. The molecule has 2 rings (SSSR count). The van der Waals surface area contributed by atoms with Crippen LogP contribution in [0.25, 0.3) is 0 Å². The first-order valence-electron chi connectivity index (χ1n) is 6.43. The van der Waals surface area contributed by atoms with Crippen LogP contribution in [0.2, 0.25) is 5.02 Å². The van der Waals surface area contributed by atoms with E-state index in [9.17, 15) is 20.0 Å². The fraction of sp³-hybridized carbons (Fsp3) is 0.231. The van der Waals surface area contributed by atoms with Crippen LogP contribution >= 0.6 is 11.6 Å². The van der Waals surface area contributed by atoms with Crippen molar-refractivity contribution in [1.29, 1.82) is 0 Å². The lowest BCUT2D eigenvalue weighted by atomic mass is 10.2. The van der Waals surface area contributed by atoms with Crippen molar-refractivity contribution in [2.45, 2.75) is 19.9 Å². The van der Waals surface area contributed by atoms with Crippen molar-refractivity contribution in [2.24, 2.45) is 0 Å². The number of benzene rings is 1. The van der Waals surface area contributed by atoms with Gasteiger partial charge in [0.25, 0.3) is 5.91 Å². The molecule has 0 bridgehead atoms. The van der Waals surface area contributed by atoms with Crippen LogP contribution in [-0.2, 0) is 6.54 Å². The largest absolute Gasteiger partial charge is 0.501 e. The summed E-state index contributed by atoms with van der Waals surface area (Å²) in [4.78, 5) is 22.1. The zero-order chi connectivity index (χ0) is 16.3. The molecular formula is C13H13ClN4O4. The molecule has 0 aliphatic heterocycles. The van der Waals surface area contributed by atoms with E-state index < -0.39 is 22.3 Å². The quantitative estimate of drug-likeness (QED) is 0.499. The number of phenolic OH excluding ortho intramolecular Hbond substituents is 1. The van der Waals surface area contributed by atoms with Gasteiger partial charge in [-0.05, 0) is 12.5 Å². The number of nitro benzene ring substituents is 1. The topological polar surface area (TPSA) is 110 Å². The zero-order valence-electron chi connectivity index (χ0n) is 11.6. The summed E-state index contributed by atoms with van der Waals surface area (Å²) >= 11 is 5.76. The molecule has 0 aliphatic carbocycles. The maximum Gasteiger partial charge on any atom is 0.314 e. The maximum absolute atomic E-state index is 12.1. The Morgan fingerprint density at radius 3 is 2.91 bits per heavy atom. The fourth-order valence-corrected chi connectivity index (χ4v) is 2.06. The number of nitro groups is 1. The van der Waals surface area contributed by atoms with E-state index in [0.29, 0.717) is 6.54 Å². The third-order valence-corrected chi connectivity index (χ3v) is 3.07. The van der Waals surface area contributed by atoms with Crippen LogP contribution in [0.15, 0.2) is 24.5 Å². The van der Waals surface area contributed by atoms with Crippen molar-refractivity contribution in [1.82, 2.24) is 9.78 Å². The Bertz CT molecular complexity index is 729. The Morgan fingerprint density at radius 1 is 1.55 bits per heavy atom. The highest BCUT2D eigenvalue weighted by molar-refractivity contribution is 6.31. The number of hydrogen-bond acceptors (Lipinski definition) is 5. The molecule has 0 radical (unpaired) electrons. The van der Waals surface area contributed by atoms with Crippen molar-refractivity contribution in [3.05, 3.63) is 45.2 Å². The van der Waals surface area contributed by atoms with Gasteiger partial charge in [0, 0.05) is 23.8 Å². The number of carbonyl (C=O) groups excluding carboxylic acids is 1. The molecule has 1 amide bonds. The van der Waals surface area contributed by atoms with Crippen molar-refractivity contribution in [2.75, 3.05) is 5.32 Å². The van der Waals surface area contributed by atoms with E-state index in [2.05, 4.69) is 10.4 Å². The Balaban J connectivity index is 2.26. The van der Waals surface area contributed by atoms with Crippen LogP contribution in [0.4, 0.5) is 11.4 Å². The Morgan fingerprint density at radius 2 is 2.27 bits per heavy atom. The first-order chi connectivity index (χ1) is 10.4. The summed E-state index contributed by atoms with van der Waals surface area (Å²) in [6.45, 7) is 2.64. The van der Waals surface area contributed by atoms with Crippen molar-refractivity contribution in [3.63, 3.8) is 0 Å². The molecule has 2 aromatic rings. The average molecular weight is 325 g/mol. The summed E-state index contributed by atoms with van der Waals surface area (Å²) < 4.78 is 1.61. The molecule has 0 fully saturated rings. The molecule has 0 saturated carbocycles. The third-order valence-electron chi connectivity index (χ3n) is 2.85. The van der Waals surface area contributed by atoms with Crippen LogP contribution in [0.5, 0.6) is 5.75 Å². The maximum atomic E-state index is 12.1. The van der Waals surface area contributed by atoms with Crippen molar-refractivity contribution < 1.29 is 14.8 Å². The molecular weight excluding hydrogens is 312 g/mol. The molecule has 0 saturated heterocycles. The number of nitrogens with zero attached hydrogens (tertiary/aromatic N) is 3. The predicted octanol–water partition coefficient (Wildman–Crippen LogP) is 2.81. The van der Waals surface area contributed by atoms with Gasteiger partial charge in [0.2, 0.25) is 5.75 Å². The van der Waals surface area contributed by atoms with E-state index in [1.54, 1.807) is 10.9 Å². The van der Waals surface area contributed by atoms with Gasteiger partial charge in [0.05, 0.1) is 22.4 Å². The normalized spacial score (nSPS) is 10.5. The molecule has 22 heavy (non-hydrogen) atoms. The number of aryl methyl sites for hydroxylation is 1. The van der Waals surface area contributed by atoms with Crippen LogP contribution in [0, 0.1) is 10.1 Å². The number of aromatic hydroxyl groups is 1. The Hall–Kier alpha value is -2.61. The minimum absolute atomic E-state index is 0.0291. The summed E-state index contributed by atoms with van der Waals surface area (Å²) in [7, 11) is 0. The van der Waals surface area contributed by atoms with Gasteiger partial charge in [-0.15, -0.1) is 0 Å². The molecule has 2 N–H and O–H groups in total. The predicted molar refractivity (Wildman–Crippen MR) is 80.2 cm³/mol. The molecule has 1 aromatic carbocycles. The number of hydrogen-bond donors (Lipinski definition) is 2. The SMILES string of the molecule is CCCn1cc(C(=O)Nc2cc(Cl)cc([N+](=O)[O-])c2O)cn1. The van der Waals surface area contributed by atoms with E-state index in [0.717, 1.165) is 12.5 Å². The Labute approximate surface area is 130 Å². The monoisotopic (exact) mass is 324 g/mol. The minimum atomic E-state index is -0.782. The van der Waals surface area contributed by atoms with Crippen molar-refractivity contribution in [3.8, 4) is 5.75 Å². The molecule has 116 valence electrons. The lowest BCUT2D eigenvalue weighted by molar-refractivity contribution is -0.385. The van der Waals surface area contributed by atoms with E-state index in [1.165, 1.54) is 12.3 Å². The van der Waals surface area contributed by atoms with Gasteiger partial charge in [-0.25, -0.2) is 0 Å². The first-order valence-corrected chi connectivity index (χ1v) is 6.81. The first kappa shape index (κ1) is 15.8. The Kier molecular flexibility index (Phi) is 4.62. The van der Waals surface area contributed by atoms with Gasteiger partial charge in [0.15, 0.2) is 0 Å². The highest BCUT2D eigenvalue weighted by atomic mass is 35.5. The molecule has 8 nitrogen and oxygen atoms in total. The number of carbonyl (C=O) groups is 1. The van der Waals surface area contributed by atoms with Gasteiger partial charge in [-0.3, -0.25) is 19.6 Å².